The van der Waals surface area contributed by atoms with Gasteiger partial charge in [0, 0.05) is 11.3 Å². The molecule has 1 aromatic heterocycles. The zero-order valence-corrected chi connectivity index (χ0v) is 12.9. The van der Waals surface area contributed by atoms with Gasteiger partial charge in [0.05, 0.1) is 0 Å². The summed E-state index contributed by atoms with van der Waals surface area (Å²) in [5.41, 5.74) is 11.7. The third-order valence-corrected chi connectivity index (χ3v) is 3.86. The van der Waals surface area contributed by atoms with Crippen LogP contribution >= 0.6 is 0 Å². The van der Waals surface area contributed by atoms with Crippen LogP contribution in [0.2, 0.25) is 0 Å². The summed E-state index contributed by atoms with van der Waals surface area (Å²) in [7, 11) is 0. The zero-order chi connectivity index (χ0) is 15.2. The summed E-state index contributed by atoms with van der Waals surface area (Å²) in [6, 6.07) is 12.0. The molecule has 108 valence electrons. The van der Waals surface area contributed by atoms with E-state index < -0.39 is 0 Å². The molecular formula is C18H20N2O. The normalized spacial score (nSPS) is 12.0. The average Bonchev–Trinajstić information content (AvgIpc) is 2.83. The van der Waals surface area contributed by atoms with Gasteiger partial charge in [-0.15, -0.1) is 0 Å². The lowest BCUT2D eigenvalue weighted by Crippen LogP contribution is -2.10. The molecule has 0 spiro atoms. The van der Waals surface area contributed by atoms with Crippen LogP contribution in [0, 0.1) is 6.92 Å². The van der Waals surface area contributed by atoms with Gasteiger partial charge >= 0.3 is 0 Å². The van der Waals surface area contributed by atoms with E-state index in [-0.39, 0.29) is 5.41 Å². The van der Waals surface area contributed by atoms with Crippen LogP contribution in [0.4, 0.5) is 5.69 Å². The van der Waals surface area contributed by atoms with E-state index in [1.54, 1.807) is 0 Å². The van der Waals surface area contributed by atoms with E-state index in [2.05, 4.69) is 37.9 Å². The first-order valence-corrected chi connectivity index (χ1v) is 7.13. The number of anilines is 1. The molecule has 0 aliphatic heterocycles. The molecule has 0 atom stereocenters. The molecule has 0 amide bonds. The Morgan fingerprint density at radius 1 is 1.10 bits per heavy atom. The van der Waals surface area contributed by atoms with Crippen molar-refractivity contribution in [1.29, 1.82) is 0 Å². The molecule has 3 aromatic rings. The number of nitrogens with zero attached hydrogens (tertiary/aromatic N) is 1. The summed E-state index contributed by atoms with van der Waals surface area (Å²) in [5.74, 6) is 0.626. The maximum Gasteiger partial charge on any atom is 0.227 e. The van der Waals surface area contributed by atoms with E-state index >= 15 is 0 Å². The van der Waals surface area contributed by atoms with Crippen molar-refractivity contribution in [2.24, 2.45) is 0 Å². The van der Waals surface area contributed by atoms with Crippen LogP contribution in [0.3, 0.4) is 0 Å². The van der Waals surface area contributed by atoms with Crippen molar-refractivity contribution in [1.82, 2.24) is 4.98 Å². The maximum absolute atomic E-state index is 5.96. The van der Waals surface area contributed by atoms with Crippen LogP contribution in [0.1, 0.15) is 31.9 Å². The fourth-order valence-corrected chi connectivity index (χ4v) is 2.39. The first-order valence-electron chi connectivity index (χ1n) is 7.13. The van der Waals surface area contributed by atoms with Crippen molar-refractivity contribution in [2.75, 3.05) is 5.73 Å². The highest BCUT2D eigenvalue weighted by Gasteiger charge is 2.17. The lowest BCUT2D eigenvalue weighted by atomic mass is 9.87. The summed E-state index contributed by atoms with van der Waals surface area (Å²) >= 11 is 0. The van der Waals surface area contributed by atoms with Crippen molar-refractivity contribution in [3.63, 3.8) is 0 Å². The van der Waals surface area contributed by atoms with Crippen molar-refractivity contribution in [2.45, 2.75) is 33.1 Å². The largest absolute Gasteiger partial charge is 0.436 e. The second kappa shape index (κ2) is 4.62. The molecule has 0 unspecified atom stereocenters. The van der Waals surface area contributed by atoms with Gasteiger partial charge in [0.15, 0.2) is 5.58 Å². The third kappa shape index (κ3) is 2.40. The van der Waals surface area contributed by atoms with Gasteiger partial charge in [-0.05, 0) is 47.7 Å². The van der Waals surface area contributed by atoms with Gasteiger partial charge in [-0.2, -0.15) is 0 Å². The van der Waals surface area contributed by atoms with E-state index in [4.69, 9.17) is 10.2 Å². The van der Waals surface area contributed by atoms with Crippen molar-refractivity contribution in [3.05, 3.63) is 47.5 Å². The van der Waals surface area contributed by atoms with Crippen LogP contribution in [-0.2, 0) is 5.41 Å². The fraction of sp³-hybridized carbons (Fsp3) is 0.278. The van der Waals surface area contributed by atoms with E-state index in [1.165, 1.54) is 5.56 Å². The summed E-state index contributed by atoms with van der Waals surface area (Å²) in [5, 5.41) is 0. The van der Waals surface area contributed by atoms with Gasteiger partial charge in [-0.25, -0.2) is 4.98 Å². The van der Waals surface area contributed by atoms with Gasteiger partial charge in [-0.3, -0.25) is 0 Å². The molecule has 2 aromatic carbocycles. The van der Waals surface area contributed by atoms with Crippen molar-refractivity contribution in [3.8, 4) is 11.5 Å². The van der Waals surface area contributed by atoms with Gasteiger partial charge in [-0.1, -0.05) is 32.9 Å². The Balaban J connectivity index is 2.15. The SMILES string of the molecule is Cc1c(N)cccc1-c1nc2cc(C(C)(C)C)ccc2o1. The lowest BCUT2D eigenvalue weighted by Gasteiger charge is -2.18. The third-order valence-electron chi connectivity index (χ3n) is 3.86. The number of nitrogen functional groups attached to an aromatic ring is 1. The number of oxazole rings is 1. The molecule has 21 heavy (non-hydrogen) atoms. The topological polar surface area (TPSA) is 52.0 Å². The minimum atomic E-state index is 0.0976. The molecule has 2 N–H and O–H groups in total. The highest BCUT2D eigenvalue weighted by molar-refractivity contribution is 5.78. The highest BCUT2D eigenvalue weighted by atomic mass is 16.3. The molecule has 3 rings (SSSR count). The predicted molar refractivity (Wildman–Crippen MR) is 87.3 cm³/mol. The minimum Gasteiger partial charge on any atom is -0.436 e. The summed E-state index contributed by atoms with van der Waals surface area (Å²) in [6.07, 6.45) is 0. The second-order valence-electron chi connectivity index (χ2n) is 6.47. The van der Waals surface area contributed by atoms with Crippen molar-refractivity contribution >= 4 is 16.8 Å². The first-order chi connectivity index (χ1) is 9.86. The number of nitrogens with two attached hydrogens (primary N) is 1. The molecule has 3 heteroatoms. The zero-order valence-electron chi connectivity index (χ0n) is 12.9. The van der Waals surface area contributed by atoms with Crippen LogP contribution in [0.5, 0.6) is 0 Å². The minimum absolute atomic E-state index is 0.0976. The number of fused-ring (bicyclic) bond motifs is 1. The Morgan fingerprint density at radius 3 is 2.57 bits per heavy atom. The Bertz CT molecular complexity index is 810. The van der Waals surface area contributed by atoms with E-state index in [9.17, 15) is 0 Å². The molecule has 1 heterocycles. The molecule has 0 saturated heterocycles. The molecule has 0 bridgehead atoms. The Hall–Kier alpha value is -2.29. The molecule has 0 aliphatic carbocycles. The second-order valence-corrected chi connectivity index (χ2v) is 6.47. The predicted octanol–water partition coefficient (Wildman–Crippen LogP) is 4.68. The van der Waals surface area contributed by atoms with E-state index in [0.29, 0.717) is 5.89 Å². The molecule has 0 fully saturated rings. The maximum atomic E-state index is 5.96. The van der Waals surface area contributed by atoms with Gasteiger partial charge in [0.1, 0.15) is 5.52 Å². The monoisotopic (exact) mass is 280 g/mol. The number of hydrogen-bond donors (Lipinski definition) is 1. The Kier molecular flexibility index (Phi) is 3.01. The molecule has 0 aliphatic rings. The van der Waals surface area contributed by atoms with Gasteiger partial charge in [0.2, 0.25) is 5.89 Å². The van der Waals surface area contributed by atoms with Gasteiger partial charge < -0.3 is 10.2 Å². The number of hydrogen-bond acceptors (Lipinski definition) is 3. The van der Waals surface area contributed by atoms with Crippen LogP contribution in [0.15, 0.2) is 40.8 Å². The van der Waals surface area contributed by atoms with Crippen LogP contribution in [-0.4, -0.2) is 4.98 Å². The fourth-order valence-electron chi connectivity index (χ4n) is 2.39. The average molecular weight is 280 g/mol. The Labute approximate surface area is 124 Å². The lowest BCUT2D eigenvalue weighted by molar-refractivity contribution is 0.590. The first kappa shape index (κ1) is 13.7. The van der Waals surface area contributed by atoms with E-state index in [0.717, 1.165) is 27.9 Å². The summed E-state index contributed by atoms with van der Waals surface area (Å²) in [6.45, 7) is 8.56. The smallest absolute Gasteiger partial charge is 0.227 e. The van der Waals surface area contributed by atoms with Crippen LogP contribution in [0.25, 0.3) is 22.6 Å². The molecule has 0 radical (unpaired) electrons. The number of benzene rings is 2. The van der Waals surface area contributed by atoms with E-state index in [1.807, 2.05) is 31.2 Å². The molecular weight excluding hydrogens is 260 g/mol. The molecule has 0 saturated carbocycles. The standard InChI is InChI=1S/C18H20N2O/c1-11-13(6-5-7-14(11)19)17-20-15-10-12(18(2,3)4)8-9-16(15)21-17/h5-10H,19H2,1-4H3. The summed E-state index contributed by atoms with van der Waals surface area (Å²) < 4.78 is 5.89. The summed E-state index contributed by atoms with van der Waals surface area (Å²) in [4.78, 5) is 4.64. The highest BCUT2D eigenvalue weighted by Crippen LogP contribution is 2.31. The number of aromatic nitrogens is 1. The number of rotatable bonds is 1. The Morgan fingerprint density at radius 2 is 1.86 bits per heavy atom. The van der Waals surface area contributed by atoms with Crippen molar-refractivity contribution < 1.29 is 4.42 Å². The van der Waals surface area contributed by atoms with Gasteiger partial charge in [0.25, 0.3) is 0 Å². The quantitative estimate of drug-likeness (QED) is 0.658. The van der Waals surface area contributed by atoms with Crippen LogP contribution < -0.4 is 5.73 Å². The molecule has 3 nitrogen and oxygen atoms in total.